The summed E-state index contributed by atoms with van der Waals surface area (Å²) in [6, 6.07) is 0. The Balaban J connectivity index is -0.000000143. The zero-order valence-corrected chi connectivity index (χ0v) is 9.39. The van der Waals surface area contributed by atoms with Crippen LogP contribution >= 0.6 is 0 Å². The zero-order valence-electron chi connectivity index (χ0n) is 7.76. The maximum atomic E-state index is 9.56. The van der Waals surface area contributed by atoms with E-state index < -0.39 is 20.2 Å². The summed E-state index contributed by atoms with van der Waals surface area (Å²) in [6.07, 6.45) is 0. The molecule has 0 aromatic carbocycles. The molecule has 1 radical (unpaired) electrons. The van der Waals surface area contributed by atoms with E-state index in [1.165, 1.54) is 13.8 Å². The minimum Gasteiger partial charge on any atom is -0.286 e. The van der Waals surface area contributed by atoms with E-state index in [4.69, 9.17) is 9.11 Å². The van der Waals surface area contributed by atoms with Crippen LogP contribution in [-0.2, 0) is 20.2 Å². The molecule has 2 N–H and O–H groups in total. The van der Waals surface area contributed by atoms with E-state index in [1.807, 2.05) is 0 Å². The molecule has 0 aromatic rings. The number of hydrogen-bond donors (Lipinski definition) is 2. The quantitative estimate of drug-likeness (QED) is 0.482. The molecule has 0 aliphatic heterocycles. The average molecular weight is 227 g/mol. The number of rotatable bonds is 2. The van der Waals surface area contributed by atoms with Gasteiger partial charge in [0.05, 0.1) is 11.5 Å². The first-order valence-electron chi connectivity index (χ1n) is 3.02. The molecule has 0 fully saturated rings. The van der Waals surface area contributed by atoms with Crippen LogP contribution in [0.4, 0.5) is 0 Å². The van der Waals surface area contributed by atoms with Crippen LogP contribution in [0.3, 0.4) is 0 Å². The van der Waals surface area contributed by atoms with Gasteiger partial charge in [-0.15, -0.1) is 0 Å². The Kier molecular flexibility index (Phi) is 11.4. The largest absolute Gasteiger partial charge is 0.286 e. The average Bonchev–Trinajstić information content (AvgIpc) is 1.86. The Labute approximate surface area is 90.4 Å². The van der Waals surface area contributed by atoms with Gasteiger partial charge in [-0.25, -0.2) is 0 Å². The third-order valence-electron chi connectivity index (χ3n) is 0.730. The van der Waals surface area contributed by atoms with Crippen LogP contribution in [0.1, 0.15) is 13.8 Å². The standard InChI is InChI=1S/2C2H6O3S.Li/c2*1-2-6(3,4)5;/h2*2H2,1H3,(H,3,4,5);. The van der Waals surface area contributed by atoms with Crippen molar-refractivity contribution in [1.29, 1.82) is 0 Å². The predicted octanol–water partition coefficient (Wildman–Crippen LogP) is -0.593. The first-order chi connectivity index (χ1) is 5.12. The van der Waals surface area contributed by atoms with Gasteiger partial charge in [-0.05, 0) is 13.8 Å². The first kappa shape index (κ1) is 19.1. The molecule has 9 heteroatoms. The van der Waals surface area contributed by atoms with Crippen LogP contribution < -0.4 is 0 Å². The molecule has 0 atom stereocenters. The molecule has 0 amide bonds. The summed E-state index contributed by atoms with van der Waals surface area (Å²) in [5.74, 6) is -0.403. The molecular weight excluding hydrogens is 215 g/mol. The van der Waals surface area contributed by atoms with Crippen molar-refractivity contribution in [3.8, 4) is 0 Å². The first-order valence-corrected chi connectivity index (χ1v) is 6.24. The second kappa shape index (κ2) is 7.79. The van der Waals surface area contributed by atoms with Crippen molar-refractivity contribution in [2.45, 2.75) is 13.8 Å². The Morgan fingerprint density at radius 2 is 0.923 bits per heavy atom. The summed E-state index contributed by atoms with van der Waals surface area (Å²) >= 11 is 0. The van der Waals surface area contributed by atoms with Gasteiger partial charge in [-0.3, -0.25) is 9.11 Å². The molecule has 0 aromatic heterocycles. The van der Waals surface area contributed by atoms with E-state index >= 15 is 0 Å². The fraction of sp³-hybridized carbons (Fsp3) is 1.00. The minimum atomic E-state index is -3.66. The smallest absolute Gasteiger partial charge is 0.264 e. The molecule has 0 heterocycles. The van der Waals surface area contributed by atoms with Crippen molar-refractivity contribution in [2.24, 2.45) is 0 Å². The Morgan fingerprint density at radius 1 is 0.846 bits per heavy atom. The monoisotopic (exact) mass is 227 g/mol. The molecule has 6 nitrogen and oxygen atoms in total. The van der Waals surface area contributed by atoms with Crippen molar-refractivity contribution >= 4 is 39.1 Å². The summed E-state index contributed by atoms with van der Waals surface area (Å²) in [7, 11) is -7.32. The molecule has 0 aliphatic carbocycles. The van der Waals surface area contributed by atoms with Crippen LogP contribution in [0, 0.1) is 0 Å². The molecule has 0 saturated carbocycles. The van der Waals surface area contributed by atoms with Crippen molar-refractivity contribution in [3.63, 3.8) is 0 Å². The van der Waals surface area contributed by atoms with E-state index in [0.29, 0.717) is 0 Å². The van der Waals surface area contributed by atoms with Crippen LogP contribution in [0.15, 0.2) is 0 Å². The van der Waals surface area contributed by atoms with E-state index in [2.05, 4.69) is 0 Å². The third-order valence-corrected chi connectivity index (χ3v) is 2.19. The summed E-state index contributed by atoms with van der Waals surface area (Å²) in [4.78, 5) is 0. The third kappa shape index (κ3) is 32.7. The van der Waals surface area contributed by atoms with E-state index in [9.17, 15) is 16.8 Å². The van der Waals surface area contributed by atoms with E-state index in [-0.39, 0.29) is 30.4 Å². The van der Waals surface area contributed by atoms with Crippen LogP contribution in [0.2, 0.25) is 0 Å². The Morgan fingerprint density at radius 3 is 0.923 bits per heavy atom. The maximum absolute atomic E-state index is 9.56. The van der Waals surface area contributed by atoms with Gasteiger partial charge in [-0.2, -0.15) is 16.8 Å². The zero-order chi connectivity index (χ0) is 10.4. The van der Waals surface area contributed by atoms with E-state index in [1.54, 1.807) is 0 Å². The van der Waals surface area contributed by atoms with E-state index in [0.717, 1.165) is 0 Å². The molecule has 0 spiro atoms. The van der Waals surface area contributed by atoms with Gasteiger partial charge in [0.2, 0.25) is 0 Å². The van der Waals surface area contributed by atoms with Crippen molar-refractivity contribution < 1.29 is 25.9 Å². The van der Waals surface area contributed by atoms with Gasteiger partial charge < -0.3 is 0 Å². The van der Waals surface area contributed by atoms with Crippen molar-refractivity contribution in [3.05, 3.63) is 0 Å². The summed E-state index contributed by atoms with van der Waals surface area (Å²) in [6.45, 7) is 2.74. The van der Waals surface area contributed by atoms with Crippen LogP contribution in [0.25, 0.3) is 0 Å². The summed E-state index contributed by atoms with van der Waals surface area (Å²) < 4.78 is 53.8. The second-order valence-corrected chi connectivity index (χ2v) is 5.22. The van der Waals surface area contributed by atoms with Gasteiger partial charge in [0.25, 0.3) is 20.2 Å². The maximum Gasteiger partial charge on any atom is 0.264 e. The predicted molar refractivity (Wildman–Crippen MR) is 49.9 cm³/mol. The molecule has 0 unspecified atom stereocenters. The van der Waals surface area contributed by atoms with Gasteiger partial charge in [0.1, 0.15) is 0 Å². The molecule has 0 saturated heterocycles. The van der Waals surface area contributed by atoms with Gasteiger partial charge in [-0.1, -0.05) is 0 Å². The molecule has 13 heavy (non-hydrogen) atoms. The van der Waals surface area contributed by atoms with Gasteiger partial charge in [0, 0.05) is 18.9 Å². The molecule has 77 valence electrons. The SMILES string of the molecule is CCS(=O)(=O)O.CCS(=O)(=O)O.[Li]. The van der Waals surface area contributed by atoms with Crippen molar-refractivity contribution in [1.82, 2.24) is 0 Å². The van der Waals surface area contributed by atoms with Crippen LogP contribution in [-0.4, -0.2) is 56.3 Å². The molecular formula is C4H12LiO6S2. The Hall–Kier alpha value is 0.417. The molecule has 0 aliphatic rings. The van der Waals surface area contributed by atoms with Gasteiger partial charge in [0.15, 0.2) is 0 Å². The minimum absolute atomic E-state index is 0. The van der Waals surface area contributed by atoms with Crippen molar-refractivity contribution in [2.75, 3.05) is 11.5 Å². The summed E-state index contributed by atoms with van der Waals surface area (Å²) in [5.41, 5.74) is 0. The van der Waals surface area contributed by atoms with Gasteiger partial charge >= 0.3 is 0 Å². The fourth-order valence-corrected chi connectivity index (χ4v) is 0. The number of hydrogen-bond acceptors (Lipinski definition) is 4. The summed E-state index contributed by atoms with van der Waals surface area (Å²) in [5, 5.41) is 0. The second-order valence-electron chi connectivity index (χ2n) is 1.74. The van der Waals surface area contributed by atoms with Crippen LogP contribution in [0.5, 0.6) is 0 Å². The molecule has 0 rings (SSSR count). The molecule has 0 bridgehead atoms. The topological polar surface area (TPSA) is 109 Å². The normalized spacial score (nSPS) is 10.8. The fourth-order valence-electron chi connectivity index (χ4n) is 0. The Bertz CT molecular complexity index is 259.